The normalized spacial score (nSPS) is 11.6. The third kappa shape index (κ3) is 43.0. The minimum Gasteiger partial charge on any atom is -0.548 e. The molecule has 2 N–H and O–H groups in total. The predicted molar refractivity (Wildman–Crippen MR) is 223 cm³/mol. The van der Waals surface area contributed by atoms with E-state index in [4.69, 9.17) is 0 Å². The summed E-state index contributed by atoms with van der Waals surface area (Å²) in [7, 11) is 2.48. The summed E-state index contributed by atoms with van der Waals surface area (Å²) in [4.78, 5) is 68.0. The fraction of sp³-hybridized carbons (Fsp3) is 0.864. The van der Waals surface area contributed by atoms with Crippen molar-refractivity contribution in [2.24, 2.45) is 0 Å². The summed E-state index contributed by atoms with van der Waals surface area (Å²) in [6, 6.07) is -2.29. The van der Waals surface area contributed by atoms with Gasteiger partial charge in [0.1, 0.15) is 0 Å². The number of methoxy groups -OCH3 is 2. The number of aliphatic carboxylic acids is 2. The Hall–Kier alpha value is -2.41. The van der Waals surface area contributed by atoms with E-state index in [-0.39, 0.29) is 60.6 Å². The second-order valence-corrected chi connectivity index (χ2v) is 15.1. The van der Waals surface area contributed by atoms with Crippen LogP contribution in [0, 0.1) is 0 Å². The van der Waals surface area contributed by atoms with Crippen molar-refractivity contribution in [1.82, 2.24) is 10.6 Å². The van der Waals surface area contributed by atoms with Gasteiger partial charge in [0.05, 0.1) is 38.2 Å². The summed E-state index contributed by atoms with van der Waals surface area (Å²) in [5.41, 5.74) is 0. The molecule has 0 spiro atoms. The number of carbonyl (C=O) groups is 6. The maximum absolute atomic E-state index is 11.9. The van der Waals surface area contributed by atoms with Crippen LogP contribution in [0.25, 0.3) is 0 Å². The first-order chi connectivity index (χ1) is 27.0. The predicted octanol–water partition coefficient (Wildman–Crippen LogP) is 6.93. The average molecular weight is 821 g/mol. The molecule has 0 aromatic rings. The zero-order chi connectivity index (χ0) is 42.1. The van der Waals surface area contributed by atoms with Gasteiger partial charge in [0.2, 0.25) is 11.8 Å². The van der Waals surface area contributed by atoms with Gasteiger partial charge in [0.25, 0.3) is 0 Å². The van der Waals surface area contributed by atoms with Crippen LogP contribution in [0.2, 0.25) is 0 Å². The molecule has 12 nitrogen and oxygen atoms in total. The monoisotopic (exact) mass is 821 g/mol. The molecule has 0 saturated heterocycles. The van der Waals surface area contributed by atoms with E-state index in [0.717, 1.165) is 38.5 Å². The fourth-order valence-corrected chi connectivity index (χ4v) is 6.37. The summed E-state index contributed by atoms with van der Waals surface area (Å²) in [5.74, 6) is -4.36. The molecule has 0 aliphatic rings. The molecule has 57 heavy (non-hydrogen) atoms. The number of hydrogen-bond acceptors (Lipinski definition) is 10. The van der Waals surface area contributed by atoms with Crippen molar-refractivity contribution in [2.45, 2.75) is 231 Å². The Balaban J connectivity index is -0.00000101. The number of esters is 2. The van der Waals surface area contributed by atoms with Crippen molar-refractivity contribution < 1.29 is 48.5 Å². The number of ether oxygens (including phenoxy) is 2. The molecule has 2 atom stereocenters. The summed E-state index contributed by atoms with van der Waals surface area (Å²) < 4.78 is 8.95. The fourth-order valence-electron chi connectivity index (χ4n) is 6.37. The molecule has 13 heteroatoms. The molecule has 0 radical (unpaired) electrons. The summed E-state index contributed by atoms with van der Waals surface area (Å²) in [6.45, 7) is 4.48. The van der Waals surface area contributed by atoms with Crippen molar-refractivity contribution in [3.8, 4) is 0 Å². The smallest absolute Gasteiger partial charge is 0.548 e. The molecule has 0 unspecified atom stereocenters. The van der Waals surface area contributed by atoms with E-state index in [9.17, 15) is 39.0 Å². The van der Waals surface area contributed by atoms with Crippen LogP contribution >= 0.6 is 0 Å². The minimum absolute atomic E-state index is 0. The standard InChI is InChI=1S/2C22H41NO5.Mg/c2*1-3-4-5-6-7-8-9-10-11-12-13-14-15-16-20(24)23-19(22(26)27)17-18-21(25)28-2;/h2*19H,3-18H2,1-2H3,(H,23,24)(H,26,27);/q;;+2/p-2/t2*19-;/m00./s1. The molecular formula is C44H80MgN2O10. The van der Waals surface area contributed by atoms with Crippen LogP contribution in [0.3, 0.4) is 0 Å². The van der Waals surface area contributed by atoms with Crippen molar-refractivity contribution in [3.05, 3.63) is 0 Å². The van der Waals surface area contributed by atoms with E-state index in [2.05, 4.69) is 34.0 Å². The van der Waals surface area contributed by atoms with Crippen LogP contribution in [0.5, 0.6) is 0 Å². The number of carboxylic acids is 2. The van der Waals surface area contributed by atoms with Gasteiger partial charge in [-0.25, -0.2) is 0 Å². The Morgan fingerprint density at radius 2 is 0.632 bits per heavy atom. The molecule has 0 aliphatic heterocycles. The van der Waals surface area contributed by atoms with Gasteiger partial charge in [0.15, 0.2) is 0 Å². The Kier molecular flexibility index (Phi) is 46.2. The summed E-state index contributed by atoms with van der Waals surface area (Å²) >= 11 is 0. The van der Waals surface area contributed by atoms with E-state index in [1.54, 1.807) is 0 Å². The number of carbonyl (C=O) groups excluding carboxylic acids is 6. The van der Waals surface area contributed by atoms with Crippen LogP contribution in [0.15, 0.2) is 0 Å². The van der Waals surface area contributed by atoms with Crippen molar-refractivity contribution >= 4 is 58.7 Å². The zero-order valence-corrected chi connectivity index (χ0v) is 38.0. The number of unbranched alkanes of at least 4 members (excludes halogenated alkanes) is 24. The van der Waals surface area contributed by atoms with Gasteiger partial charge in [-0.1, -0.05) is 168 Å². The Labute approximate surface area is 362 Å². The molecule has 0 aromatic heterocycles. The van der Waals surface area contributed by atoms with Gasteiger partial charge in [0, 0.05) is 25.7 Å². The molecular weight excluding hydrogens is 741 g/mol. The number of hydrogen-bond donors (Lipinski definition) is 2. The van der Waals surface area contributed by atoms with E-state index < -0.39 is 36.0 Å². The number of nitrogens with one attached hydrogen (secondary N) is 2. The Bertz CT molecular complexity index is 936. The van der Waals surface area contributed by atoms with Gasteiger partial charge >= 0.3 is 35.0 Å². The Morgan fingerprint density at radius 3 is 0.842 bits per heavy atom. The van der Waals surface area contributed by atoms with Gasteiger partial charge < -0.3 is 39.9 Å². The van der Waals surface area contributed by atoms with E-state index in [1.807, 2.05) is 0 Å². The van der Waals surface area contributed by atoms with Crippen molar-refractivity contribution in [1.29, 1.82) is 0 Å². The molecule has 0 bridgehead atoms. The molecule has 0 fully saturated rings. The third-order valence-electron chi connectivity index (χ3n) is 9.98. The zero-order valence-electron chi connectivity index (χ0n) is 36.6. The molecule has 0 aromatic carbocycles. The Morgan fingerprint density at radius 1 is 0.404 bits per heavy atom. The maximum Gasteiger partial charge on any atom is 2.00 e. The van der Waals surface area contributed by atoms with Gasteiger partial charge in [-0.3, -0.25) is 19.2 Å². The first-order valence-corrected chi connectivity index (χ1v) is 22.2. The molecule has 0 aliphatic carbocycles. The van der Waals surface area contributed by atoms with E-state index >= 15 is 0 Å². The van der Waals surface area contributed by atoms with Crippen LogP contribution in [-0.2, 0) is 38.2 Å². The number of rotatable bonds is 38. The SMILES string of the molecule is CCCCCCCCCCCCCCCC(=O)N[C@@H](CCC(=O)OC)C(=O)[O-].CCCCCCCCCCCCCCCC(=O)N[C@@H](CCC(=O)OC)C(=O)[O-].[Mg+2]. The van der Waals surface area contributed by atoms with Crippen LogP contribution in [0.1, 0.15) is 219 Å². The molecule has 2 amide bonds. The van der Waals surface area contributed by atoms with E-state index in [1.165, 1.54) is 143 Å². The maximum atomic E-state index is 11.9. The van der Waals surface area contributed by atoms with Crippen molar-refractivity contribution in [3.63, 3.8) is 0 Å². The van der Waals surface area contributed by atoms with Gasteiger partial charge in [-0.05, 0) is 25.7 Å². The van der Waals surface area contributed by atoms with Crippen molar-refractivity contribution in [2.75, 3.05) is 14.2 Å². The second-order valence-electron chi connectivity index (χ2n) is 15.1. The first kappa shape index (κ1) is 58.9. The molecule has 0 heterocycles. The number of amides is 2. The van der Waals surface area contributed by atoms with Crippen LogP contribution in [0.4, 0.5) is 0 Å². The first-order valence-electron chi connectivity index (χ1n) is 22.2. The molecule has 0 rings (SSSR count). The third-order valence-corrected chi connectivity index (χ3v) is 9.98. The van der Waals surface area contributed by atoms with Crippen LogP contribution < -0.4 is 20.8 Å². The van der Waals surface area contributed by atoms with Gasteiger partial charge in [-0.2, -0.15) is 0 Å². The summed E-state index contributed by atoms with van der Waals surface area (Å²) in [6.07, 6.45) is 32.5. The average Bonchev–Trinajstić information content (AvgIpc) is 3.18. The largest absolute Gasteiger partial charge is 2.00 e. The topological polar surface area (TPSA) is 191 Å². The second kappa shape index (κ2) is 44.7. The van der Waals surface area contributed by atoms with Crippen LogP contribution in [-0.4, -0.2) is 85.0 Å². The van der Waals surface area contributed by atoms with E-state index in [0.29, 0.717) is 12.8 Å². The molecule has 0 saturated carbocycles. The minimum atomic E-state index is -1.37. The quantitative estimate of drug-likeness (QED) is 0.0375. The summed E-state index contributed by atoms with van der Waals surface area (Å²) in [5, 5.41) is 27.0. The molecule has 328 valence electrons. The van der Waals surface area contributed by atoms with Gasteiger partial charge in [-0.15, -0.1) is 0 Å². The number of carboxylic acid groups (broad SMARTS) is 2.